The maximum Gasteiger partial charge on any atom is 0.244 e. The number of rotatable bonds is 10. The first-order chi connectivity index (χ1) is 15.8. The van der Waals surface area contributed by atoms with E-state index >= 15 is 0 Å². The second-order valence-electron chi connectivity index (χ2n) is 8.43. The third kappa shape index (κ3) is 7.36. The summed E-state index contributed by atoms with van der Waals surface area (Å²) in [5.74, 6) is -0.469. The molecule has 0 bridgehead atoms. The molecule has 2 amide bonds. The van der Waals surface area contributed by atoms with E-state index in [0.29, 0.717) is 5.75 Å². The van der Waals surface area contributed by atoms with E-state index < -0.39 is 28.5 Å². The molecule has 2 aromatic rings. The van der Waals surface area contributed by atoms with Crippen LogP contribution in [0.4, 0.5) is 5.69 Å². The molecular weight excluding hydrogens is 478 g/mol. The Morgan fingerprint density at radius 3 is 2.21 bits per heavy atom. The van der Waals surface area contributed by atoms with E-state index in [4.69, 9.17) is 16.3 Å². The van der Waals surface area contributed by atoms with Crippen LogP contribution in [-0.4, -0.2) is 57.1 Å². The Balaban J connectivity index is 2.40. The van der Waals surface area contributed by atoms with Gasteiger partial charge in [0, 0.05) is 12.6 Å². The zero-order valence-corrected chi connectivity index (χ0v) is 21.9. The van der Waals surface area contributed by atoms with Gasteiger partial charge in [-0.2, -0.15) is 0 Å². The second kappa shape index (κ2) is 11.6. The smallest absolute Gasteiger partial charge is 0.244 e. The third-order valence-corrected chi connectivity index (χ3v) is 6.61. The Morgan fingerprint density at radius 1 is 1.09 bits per heavy atom. The number of hydrogen-bond donors (Lipinski definition) is 1. The van der Waals surface area contributed by atoms with E-state index in [9.17, 15) is 18.0 Å². The Hall–Kier alpha value is -2.78. The maximum absolute atomic E-state index is 13.5. The first kappa shape index (κ1) is 27.5. The van der Waals surface area contributed by atoms with Gasteiger partial charge in [0.1, 0.15) is 18.3 Å². The molecule has 0 radical (unpaired) electrons. The summed E-state index contributed by atoms with van der Waals surface area (Å²) in [4.78, 5) is 27.6. The number of hydrogen-bond acceptors (Lipinski definition) is 5. The number of carbonyl (C=O) groups excluding carboxylic acids is 2. The molecule has 186 valence electrons. The van der Waals surface area contributed by atoms with Crippen LogP contribution in [0.2, 0.25) is 5.02 Å². The van der Waals surface area contributed by atoms with Crippen LogP contribution in [0, 0.1) is 6.92 Å². The molecule has 34 heavy (non-hydrogen) atoms. The van der Waals surface area contributed by atoms with Crippen LogP contribution < -0.4 is 14.4 Å². The van der Waals surface area contributed by atoms with Crippen molar-refractivity contribution in [3.05, 3.63) is 58.6 Å². The van der Waals surface area contributed by atoms with Crippen molar-refractivity contribution in [2.24, 2.45) is 0 Å². The number of nitrogens with zero attached hydrogens (tertiary/aromatic N) is 2. The van der Waals surface area contributed by atoms with Crippen LogP contribution in [-0.2, 0) is 26.2 Å². The van der Waals surface area contributed by atoms with Gasteiger partial charge in [-0.3, -0.25) is 13.9 Å². The van der Waals surface area contributed by atoms with Crippen LogP contribution in [0.1, 0.15) is 31.9 Å². The van der Waals surface area contributed by atoms with Gasteiger partial charge < -0.3 is 15.0 Å². The molecule has 1 unspecified atom stereocenters. The highest BCUT2D eigenvalue weighted by Crippen LogP contribution is 2.30. The minimum absolute atomic E-state index is 0.111. The summed E-state index contributed by atoms with van der Waals surface area (Å²) in [5.41, 5.74) is 2.10. The summed E-state index contributed by atoms with van der Waals surface area (Å²) in [7, 11) is -2.39. The average molecular weight is 510 g/mol. The zero-order chi connectivity index (χ0) is 25.6. The number of carbonyl (C=O) groups is 2. The molecule has 2 rings (SSSR count). The zero-order valence-electron chi connectivity index (χ0n) is 20.3. The highest BCUT2D eigenvalue weighted by Gasteiger charge is 2.30. The number of ether oxygens (including phenoxy) is 1. The SMILES string of the molecule is COc1ccc(N(CC(=O)N(Cc2ccc(C)cc2)C(C)C(=O)NC(C)C)S(C)(=O)=O)cc1Cl. The maximum atomic E-state index is 13.5. The van der Waals surface area contributed by atoms with Crippen molar-refractivity contribution in [1.82, 2.24) is 10.2 Å². The number of halogens is 1. The van der Waals surface area contributed by atoms with E-state index in [1.165, 1.54) is 30.2 Å². The molecular formula is C24H32ClN3O5S. The standard InChI is InChI=1S/C24H32ClN3O5S/c1-16(2)26-24(30)18(4)27(14-19-9-7-17(3)8-10-19)23(29)15-28(34(6,31)32)20-11-12-22(33-5)21(25)13-20/h7-13,16,18H,14-15H2,1-6H3,(H,26,30). The highest BCUT2D eigenvalue weighted by molar-refractivity contribution is 7.92. The third-order valence-electron chi connectivity index (χ3n) is 5.17. The lowest BCUT2D eigenvalue weighted by Gasteiger charge is -2.32. The van der Waals surface area contributed by atoms with Gasteiger partial charge in [0.05, 0.1) is 24.1 Å². The fourth-order valence-corrected chi connectivity index (χ4v) is 4.40. The van der Waals surface area contributed by atoms with Crippen molar-refractivity contribution in [3.8, 4) is 5.75 Å². The number of benzene rings is 2. The van der Waals surface area contributed by atoms with Crippen molar-refractivity contribution in [2.45, 2.75) is 46.3 Å². The molecule has 1 atom stereocenters. The average Bonchev–Trinajstić information content (AvgIpc) is 2.75. The van der Waals surface area contributed by atoms with Crippen molar-refractivity contribution < 1.29 is 22.7 Å². The lowest BCUT2D eigenvalue weighted by Crippen LogP contribution is -2.52. The minimum Gasteiger partial charge on any atom is -0.495 e. The Morgan fingerprint density at radius 2 is 1.71 bits per heavy atom. The first-order valence-electron chi connectivity index (χ1n) is 10.8. The number of aryl methyl sites for hydroxylation is 1. The van der Waals surface area contributed by atoms with Gasteiger partial charge in [0.15, 0.2) is 0 Å². The molecule has 0 heterocycles. The molecule has 2 aromatic carbocycles. The highest BCUT2D eigenvalue weighted by atomic mass is 35.5. The summed E-state index contributed by atoms with van der Waals surface area (Å²) < 4.78 is 31.3. The van der Waals surface area contributed by atoms with Gasteiger partial charge in [0.2, 0.25) is 21.8 Å². The molecule has 0 aliphatic carbocycles. The summed E-state index contributed by atoms with van der Waals surface area (Å²) in [6, 6.07) is 11.1. The van der Waals surface area contributed by atoms with Crippen molar-refractivity contribution in [3.63, 3.8) is 0 Å². The number of anilines is 1. The Kier molecular flexibility index (Phi) is 9.35. The predicted octanol–water partition coefficient (Wildman–Crippen LogP) is 3.36. The van der Waals surface area contributed by atoms with Crippen LogP contribution in [0.25, 0.3) is 0 Å². The molecule has 0 saturated carbocycles. The van der Waals surface area contributed by atoms with Gasteiger partial charge in [0.25, 0.3) is 0 Å². The monoisotopic (exact) mass is 509 g/mol. The van der Waals surface area contributed by atoms with Crippen LogP contribution in [0.5, 0.6) is 5.75 Å². The lowest BCUT2D eigenvalue weighted by atomic mass is 10.1. The number of methoxy groups -OCH3 is 1. The number of nitrogens with one attached hydrogen (secondary N) is 1. The van der Waals surface area contributed by atoms with Gasteiger partial charge in [-0.25, -0.2) is 8.42 Å². The summed E-state index contributed by atoms with van der Waals surface area (Å²) in [6.45, 7) is 6.89. The normalized spacial score (nSPS) is 12.2. The van der Waals surface area contributed by atoms with Gasteiger partial charge in [-0.15, -0.1) is 0 Å². The molecule has 0 aromatic heterocycles. The molecule has 0 aliphatic rings. The van der Waals surface area contributed by atoms with Crippen LogP contribution in [0.3, 0.4) is 0 Å². The number of amides is 2. The molecule has 10 heteroatoms. The Labute approximate surface area is 206 Å². The topological polar surface area (TPSA) is 96.0 Å². The summed E-state index contributed by atoms with van der Waals surface area (Å²) >= 11 is 6.19. The van der Waals surface area contributed by atoms with Gasteiger partial charge in [-0.1, -0.05) is 41.4 Å². The fraction of sp³-hybridized carbons (Fsp3) is 0.417. The molecule has 1 N–H and O–H groups in total. The van der Waals surface area contributed by atoms with Crippen molar-refractivity contribution in [2.75, 3.05) is 24.2 Å². The minimum atomic E-state index is -3.84. The first-order valence-corrected chi connectivity index (χ1v) is 13.0. The van der Waals surface area contributed by atoms with Crippen molar-refractivity contribution >= 4 is 39.1 Å². The molecule has 8 nitrogen and oxygen atoms in total. The lowest BCUT2D eigenvalue weighted by molar-refractivity contribution is -0.139. The fourth-order valence-electron chi connectivity index (χ4n) is 3.30. The van der Waals surface area contributed by atoms with Gasteiger partial charge >= 0.3 is 0 Å². The van der Waals surface area contributed by atoms with Crippen LogP contribution >= 0.6 is 11.6 Å². The molecule has 0 saturated heterocycles. The summed E-state index contributed by atoms with van der Waals surface area (Å²) in [6.07, 6.45) is 1.01. The van der Waals surface area contributed by atoms with Gasteiger partial charge in [-0.05, 0) is 51.5 Å². The van der Waals surface area contributed by atoms with E-state index in [-0.39, 0.29) is 29.2 Å². The Bertz CT molecular complexity index is 1120. The molecule has 0 spiro atoms. The second-order valence-corrected chi connectivity index (χ2v) is 10.7. The predicted molar refractivity (Wildman–Crippen MR) is 135 cm³/mol. The van der Waals surface area contributed by atoms with E-state index in [0.717, 1.165) is 21.7 Å². The van der Waals surface area contributed by atoms with E-state index in [1.54, 1.807) is 6.92 Å². The van der Waals surface area contributed by atoms with Crippen molar-refractivity contribution in [1.29, 1.82) is 0 Å². The van der Waals surface area contributed by atoms with E-state index in [1.807, 2.05) is 45.0 Å². The largest absolute Gasteiger partial charge is 0.495 e. The van der Waals surface area contributed by atoms with E-state index in [2.05, 4.69) is 5.32 Å². The van der Waals surface area contributed by atoms with Crippen LogP contribution in [0.15, 0.2) is 42.5 Å². The molecule has 0 aliphatic heterocycles. The number of sulfonamides is 1. The molecule has 0 fully saturated rings. The summed E-state index contributed by atoms with van der Waals surface area (Å²) in [5, 5.41) is 3.02. The quantitative estimate of drug-likeness (QED) is 0.529.